The van der Waals surface area contributed by atoms with Crippen molar-refractivity contribution in [1.82, 2.24) is 9.78 Å². The lowest BCUT2D eigenvalue weighted by Crippen LogP contribution is -2.21. The Bertz CT molecular complexity index is 660. The van der Waals surface area contributed by atoms with Crippen molar-refractivity contribution in [1.29, 1.82) is 0 Å². The van der Waals surface area contributed by atoms with Crippen LogP contribution in [-0.4, -0.2) is 14.9 Å². The second-order valence-electron chi connectivity index (χ2n) is 3.48. The summed E-state index contributed by atoms with van der Waals surface area (Å²) in [5.74, 6) is -0.637. The first-order chi connectivity index (χ1) is 8.52. The third kappa shape index (κ3) is 2.34. The Morgan fingerprint density at radius 2 is 2.17 bits per heavy atom. The molecule has 1 aromatic carbocycles. The Labute approximate surface area is 112 Å². The van der Waals surface area contributed by atoms with Gasteiger partial charge in [0.05, 0.1) is 10.7 Å². The number of thiol groups is 1. The number of aromatic nitrogens is 2. The summed E-state index contributed by atoms with van der Waals surface area (Å²) in [7, 11) is 0. The number of rotatable bonds is 2. The monoisotopic (exact) mass is 286 g/mol. The third-order valence-corrected chi connectivity index (χ3v) is 2.87. The van der Waals surface area contributed by atoms with Gasteiger partial charge in [-0.2, -0.15) is 22.4 Å². The topological polar surface area (TPSA) is 55.1 Å². The summed E-state index contributed by atoms with van der Waals surface area (Å²) in [6.07, 6.45) is 0. The second-order valence-corrected chi connectivity index (χ2v) is 4.21. The molecule has 18 heavy (non-hydrogen) atoms. The van der Waals surface area contributed by atoms with Crippen LogP contribution in [0, 0.1) is 5.82 Å². The van der Waals surface area contributed by atoms with Crippen LogP contribution in [0.4, 0.5) is 4.39 Å². The molecule has 2 aromatic rings. The molecule has 0 unspecified atom stereocenters. The van der Waals surface area contributed by atoms with Crippen LogP contribution < -0.4 is 5.56 Å². The largest absolute Gasteiger partial charge is 0.506 e. The van der Waals surface area contributed by atoms with Gasteiger partial charge in [0.25, 0.3) is 5.56 Å². The highest BCUT2D eigenvalue weighted by Crippen LogP contribution is 2.19. The van der Waals surface area contributed by atoms with Gasteiger partial charge >= 0.3 is 0 Å². The van der Waals surface area contributed by atoms with E-state index < -0.39 is 11.4 Å². The molecule has 2 rings (SSSR count). The second kappa shape index (κ2) is 4.99. The highest BCUT2D eigenvalue weighted by atomic mass is 35.5. The number of benzene rings is 1. The molecule has 0 saturated heterocycles. The molecule has 0 saturated carbocycles. The Morgan fingerprint density at radius 1 is 1.44 bits per heavy atom. The van der Waals surface area contributed by atoms with E-state index in [2.05, 4.69) is 17.7 Å². The van der Waals surface area contributed by atoms with Gasteiger partial charge in [-0.15, -0.1) is 0 Å². The van der Waals surface area contributed by atoms with Crippen molar-refractivity contribution < 1.29 is 9.50 Å². The van der Waals surface area contributed by atoms with Gasteiger partial charge in [0.2, 0.25) is 0 Å². The molecule has 7 heteroatoms. The lowest BCUT2D eigenvalue weighted by Gasteiger charge is -2.07. The van der Waals surface area contributed by atoms with E-state index in [9.17, 15) is 14.3 Å². The zero-order chi connectivity index (χ0) is 13.3. The zero-order valence-corrected chi connectivity index (χ0v) is 10.6. The quantitative estimate of drug-likeness (QED) is 0.832. The molecule has 0 amide bonds. The van der Waals surface area contributed by atoms with Crippen molar-refractivity contribution in [3.05, 3.63) is 51.2 Å². The summed E-state index contributed by atoms with van der Waals surface area (Å²) < 4.78 is 14.1. The predicted octanol–water partition coefficient (Wildman–Crippen LogP) is 2.16. The zero-order valence-electron chi connectivity index (χ0n) is 8.97. The van der Waals surface area contributed by atoms with E-state index >= 15 is 0 Å². The van der Waals surface area contributed by atoms with E-state index in [0.717, 1.165) is 16.8 Å². The van der Waals surface area contributed by atoms with Crippen LogP contribution in [0.15, 0.2) is 29.1 Å². The van der Waals surface area contributed by atoms with Crippen LogP contribution in [-0.2, 0) is 5.75 Å². The molecule has 4 nitrogen and oxygen atoms in total. The molecule has 0 aliphatic rings. The number of nitrogens with zero attached hydrogens (tertiary/aromatic N) is 2. The molecular formula is C11H8ClFN2O2S. The van der Waals surface area contributed by atoms with Crippen molar-refractivity contribution >= 4 is 24.2 Å². The van der Waals surface area contributed by atoms with E-state index in [1.54, 1.807) is 0 Å². The van der Waals surface area contributed by atoms with Gasteiger partial charge in [-0.3, -0.25) is 4.79 Å². The van der Waals surface area contributed by atoms with Crippen LogP contribution in [0.25, 0.3) is 5.69 Å². The average molecular weight is 287 g/mol. The maximum absolute atomic E-state index is 13.0. The Hall–Kier alpha value is -1.53. The maximum Gasteiger partial charge on any atom is 0.275 e. The van der Waals surface area contributed by atoms with Crippen LogP contribution in [0.3, 0.4) is 0 Å². The van der Waals surface area contributed by atoms with Gasteiger partial charge in [-0.05, 0) is 18.2 Å². The fourth-order valence-electron chi connectivity index (χ4n) is 1.40. The molecular weight excluding hydrogens is 279 g/mol. The molecule has 1 aromatic heterocycles. The fraction of sp³-hybridized carbons (Fsp3) is 0.0909. The number of aromatic hydroxyl groups is 1. The minimum atomic E-state index is -0.582. The first-order valence-corrected chi connectivity index (χ1v) is 5.92. The van der Waals surface area contributed by atoms with Crippen molar-refractivity contribution in [2.75, 3.05) is 0 Å². The predicted molar refractivity (Wildman–Crippen MR) is 69.2 cm³/mol. The average Bonchev–Trinajstić information content (AvgIpc) is 2.33. The minimum Gasteiger partial charge on any atom is -0.506 e. The highest BCUT2D eigenvalue weighted by molar-refractivity contribution is 7.79. The van der Waals surface area contributed by atoms with Gasteiger partial charge in [0.1, 0.15) is 17.3 Å². The van der Waals surface area contributed by atoms with Gasteiger partial charge < -0.3 is 5.11 Å². The molecule has 0 aliphatic heterocycles. The van der Waals surface area contributed by atoms with Crippen molar-refractivity contribution in [3.8, 4) is 11.4 Å². The van der Waals surface area contributed by atoms with Gasteiger partial charge in [-0.1, -0.05) is 11.6 Å². The van der Waals surface area contributed by atoms with Crippen molar-refractivity contribution in [3.63, 3.8) is 0 Å². The lowest BCUT2D eigenvalue weighted by atomic mass is 10.3. The molecule has 0 aliphatic carbocycles. The fourth-order valence-corrected chi connectivity index (χ4v) is 1.80. The molecule has 0 spiro atoms. The van der Waals surface area contributed by atoms with E-state index in [-0.39, 0.29) is 22.2 Å². The first-order valence-electron chi connectivity index (χ1n) is 4.91. The smallest absolute Gasteiger partial charge is 0.275 e. The van der Waals surface area contributed by atoms with Crippen LogP contribution in [0.1, 0.15) is 5.69 Å². The van der Waals surface area contributed by atoms with Gasteiger partial charge in [0, 0.05) is 11.8 Å². The van der Waals surface area contributed by atoms with E-state index in [0.29, 0.717) is 5.69 Å². The van der Waals surface area contributed by atoms with Crippen LogP contribution in [0.2, 0.25) is 5.02 Å². The summed E-state index contributed by atoms with van der Waals surface area (Å²) in [6.45, 7) is 0. The summed E-state index contributed by atoms with van der Waals surface area (Å²) >= 11 is 9.62. The Kier molecular flexibility index (Phi) is 3.58. The summed E-state index contributed by atoms with van der Waals surface area (Å²) in [4.78, 5) is 11.7. The molecule has 1 heterocycles. The molecule has 0 radical (unpaired) electrons. The van der Waals surface area contributed by atoms with Crippen LogP contribution in [0.5, 0.6) is 5.75 Å². The molecule has 0 fully saturated rings. The minimum absolute atomic E-state index is 0.110. The summed E-state index contributed by atoms with van der Waals surface area (Å²) in [5.41, 5.74) is 0.0218. The Morgan fingerprint density at radius 3 is 2.78 bits per heavy atom. The lowest BCUT2D eigenvalue weighted by molar-refractivity contribution is 0.460. The van der Waals surface area contributed by atoms with E-state index in [1.165, 1.54) is 12.1 Å². The van der Waals surface area contributed by atoms with Gasteiger partial charge in [-0.25, -0.2) is 4.39 Å². The summed E-state index contributed by atoms with van der Waals surface area (Å²) in [5, 5.41) is 13.3. The van der Waals surface area contributed by atoms with Gasteiger partial charge in [0.15, 0.2) is 0 Å². The van der Waals surface area contributed by atoms with E-state index in [1.807, 2.05) is 0 Å². The van der Waals surface area contributed by atoms with Crippen molar-refractivity contribution in [2.45, 2.75) is 5.75 Å². The number of hydrogen-bond acceptors (Lipinski definition) is 4. The van der Waals surface area contributed by atoms with Crippen LogP contribution >= 0.6 is 24.2 Å². The SMILES string of the molecule is O=c1cc(O)c(CS)nn1-c1ccc(F)c(Cl)c1. The number of halogens is 2. The molecule has 0 atom stereocenters. The maximum atomic E-state index is 13.0. The summed E-state index contributed by atoms with van der Waals surface area (Å²) in [6, 6.07) is 4.81. The number of hydrogen-bond donors (Lipinski definition) is 2. The molecule has 0 bridgehead atoms. The Balaban J connectivity index is 2.63. The molecule has 94 valence electrons. The van der Waals surface area contributed by atoms with E-state index in [4.69, 9.17) is 11.6 Å². The van der Waals surface area contributed by atoms with Crippen molar-refractivity contribution in [2.24, 2.45) is 0 Å². The standard InChI is InChI=1S/C11H8ClFN2O2S/c12-7-3-6(1-2-8(7)13)15-11(17)4-10(16)9(5-18)14-15/h1-4,16,18H,5H2. The highest BCUT2D eigenvalue weighted by Gasteiger charge is 2.09. The first kappa shape index (κ1) is 12.9. The normalized spacial score (nSPS) is 10.6. The third-order valence-electron chi connectivity index (χ3n) is 2.28. The molecule has 1 N–H and O–H groups in total.